The maximum Gasteiger partial charge on any atom is 0.0233 e. The van der Waals surface area contributed by atoms with E-state index in [4.69, 9.17) is 0 Å². The number of hydrogen-bond acceptors (Lipinski definition) is 3. The van der Waals surface area contributed by atoms with Crippen molar-refractivity contribution in [2.75, 3.05) is 40.3 Å². The van der Waals surface area contributed by atoms with Crippen LogP contribution in [-0.4, -0.2) is 56.1 Å². The van der Waals surface area contributed by atoms with E-state index < -0.39 is 0 Å². The molecule has 3 nitrogen and oxygen atoms in total. The number of likely N-dealkylation sites (N-methyl/N-ethyl adjacent to an activating group) is 1. The Kier molecular flexibility index (Phi) is 6.68. The summed E-state index contributed by atoms with van der Waals surface area (Å²) < 4.78 is 0. The van der Waals surface area contributed by atoms with Gasteiger partial charge in [0.15, 0.2) is 0 Å². The van der Waals surface area contributed by atoms with Crippen LogP contribution in [0, 0.1) is 0 Å². The molecule has 1 saturated heterocycles. The lowest BCUT2D eigenvalue weighted by atomic mass is 10.0. The normalized spacial score (nSPS) is 17.5. The van der Waals surface area contributed by atoms with Crippen LogP contribution in [0.1, 0.15) is 30.9 Å². The Morgan fingerprint density at radius 3 is 2.29 bits per heavy atom. The standard InChI is InChI=1S/C18H31N3/c1-4-19-12-9-16-5-7-17(8-6-16)15-21-13-10-18(11-14-21)20(2)3/h5-8,18-19H,4,9-15H2,1-3H3. The van der Waals surface area contributed by atoms with Gasteiger partial charge >= 0.3 is 0 Å². The van der Waals surface area contributed by atoms with Crippen molar-refractivity contribution in [1.29, 1.82) is 0 Å². The molecule has 0 aromatic heterocycles. The van der Waals surface area contributed by atoms with E-state index in [0.29, 0.717) is 0 Å². The molecule has 1 N–H and O–H groups in total. The Bertz CT molecular complexity index is 391. The lowest BCUT2D eigenvalue weighted by Crippen LogP contribution is -2.41. The summed E-state index contributed by atoms with van der Waals surface area (Å²) >= 11 is 0. The smallest absolute Gasteiger partial charge is 0.0233 e. The van der Waals surface area contributed by atoms with E-state index in [0.717, 1.165) is 32.1 Å². The van der Waals surface area contributed by atoms with Gasteiger partial charge in [-0.2, -0.15) is 0 Å². The Balaban J connectivity index is 1.76. The van der Waals surface area contributed by atoms with E-state index in [9.17, 15) is 0 Å². The van der Waals surface area contributed by atoms with Gasteiger partial charge in [-0.3, -0.25) is 4.90 Å². The molecule has 21 heavy (non-hydrogen) atoms. The molecule has 0 bridgehead atoms. The molecule has 1 aliphatic rings. The van der Waals surface area contributed by atoms with Gasteiger partial charge in [-0.1, -0.05) is 31.2 Å². The topological polar surface area (TPSA) is 18.5 Å². The Hall–Kier alpha value is -0.900. The highest BCUT2D eigenvalue weighted by Gasteiger charge is 2.20. The fourth-order valence-corrected chi connectivity index (χ4v) is 3.07. The lowest BCUT2D eigenvalue weighted by Gasteiger charge is -2.35. The summed E-state index contributed by atoms with van der Waals surface area (Å²) in [5.74, 6) is 0. The maximum absolute atomic E-state index is 3.38. The van der Waals surface area contributed by atoms with Crippen LogP contribution in [0.4, 0.5) is 0 Å². The molecular formula is C18H31N3. The fourth-order valence-electron chi connectivity index (χ4n) is 3.07. The number of nitrogens with zero attached hydrogens (tertiary/aromatic N) is 2. The van der Waals surface area contributed by atoms with Crippen molar-refractivity contribution in [2.24, 2.45) is 0 Å². The second kappa shape index (κ2) is 8.52. The quantitative estimate of drug-likeness (QED) is 0.778. The van der Waals surface area contributed by atoms with Gasteiger partial charge in [-0.05, 0) is 70.7 Å². The zero-order valence-electron chi connectivity index (χ0n) is 13.9. The Morgan fingerprint density at radius 2 is 1.71 bits per heavy atom. The monoisotopic (exact) mass is 289 g/mol. The molecule has 3 heteroatoms. The average molecular weight is 289 g/mol. The Labute approximate surface area is 130 Å². The van der Waals surface area contributed by atoms with Gasteiger partial charge in [0.2, 0.25) is 0 Å². The number of benzene rings is 1. The molecule has 1 fully saturated rings. The lowest BCUT2D eigenvalue weighted by molar-refractivity contribution is 0.140. The first-order chi connectivity index (χ1) is 10.2. The van der Waals surface area contributed by atoms with E-state index in [1.54, 1.807) is 0 Å². The van der Waals surface area contributed by atoms with Gasteiger partial charge in [0.05, 0.1) is 0 Å². The van der Waals surface area contributed by atoms with Crippen molar-refractivity contribution >= 4 is 0 Å². The van der Waals surface area contributed by atoms with Crippen molar-refractivity contribution in [3.63, 3.8) is 0 Å². The highest BCUT2D eigenvalue weighted by molar-refractivity contribution is 5.22. The van der Waals surface area contributed by atoms with E-state index in [-0.39, 0.29) is 0 Å². The van der Waals surface area contributed by atoms with Crippen LogP contribution in [0.25, 0.3) is 0 Å². The molecule has 0 atom stereocenters. The summed E-state index contributed by atoms with van der Waals surface area (Å²) in [6.07, 6.45) is 3.73. The van der Waals surface area contributed by atoms with Crippen LogP contribution in [-0.2, 0) is 13.0 Å². The number of likely N-dealkylation sites (tertiary alicyclic amines) is 1. The Morgan fingerprint density at radius 1 is 1.10 bits per heavy atom. The van der Waals surface area contributed by atoms with Crippen molar-refractivity contribution in [1.82, 2.24) is 15.1 Å². The van der Waals surface area contributed by atoms with Crippen LogP contribution in [0.2, 0.25) is 0 Å². The van der Waals surface area contributed by atoms with E-state index >= 15 is 0 Å². The number of piperidine rings is 1. The molecule has 1 aliphatic heterocycles. The zero-order valence-corrected chi connectivity index (χ0v) is 13.9. The summed E-state index contributed by atoms with van der Waals surface area (Å²) in [5, 5.41) is 3.38. The number of rotatable bonds is 7. The fraction of sp³-hybridized carbons (Fsp3) is 0.667. The molecule has 1 aromatic carbocycles. The minimum absolute atomic E-state index is 0.773. The number of nitrogens with one attached hydrogen (secondary N) is 1. The van der Waals surface area contributed by atoms with Crippen LogP contribution in [0.15, 0.2) is 24.3 Å². The van der Waals surface area contributed by atoms with Crippen molar-refractivity contribution in [2.45, 2.75) is 38.8 Å². The zero-order chi connectivity index (χ0) is 15.1. The predicted molar refractivity (Wildman–Crippen MR) is 90.7 cm³/mol. The summed E-state index contributed by atoms with van der Waals surface area (Å²) in [4.78, 5) is 4.96. The minimum atomic E-state index is 0.773. The van der Waals surface area contributed by atoms with Gasteiger partial charge in [0.25, 0.3) is 0 Å². The van der Waals surface area contributed by atoms with Gasteiger partial charge < -0.3 is 10.2 Å². The largest absolute Gasteiger partial charge is 0.317 e. The van der Waals surface area contributed by atoms with Crippen LogP contribution < -0.4 is 5.32 Å². The molecule has 0 saturated carbocycles. The molecule has 0 unspecified atom stereocenters. The van der Waals surface area contributed by atoms with E-state index in [1.807, 2.05) is 0 Å². The number of hydrogen-bond donors (Lipinski definition) is 1. The van der Waals surface area contributed by atoms with Gasteiger partial charge in [-0.25, -0.2) is 0 Å². The van der Waals surface area contributed by atoms with Crippen molar-refractivity contribution in [3.05, 3.63) is 35.4 Å². The van der Waals surface area contributed by atoms with Crippen LogP contribution in [0.5, 0.6) is 0 Å². The first kappa shape index (κ1) is 16.5. The molecular weight excluding hydrogens is 258 g/mol. The third-order valence-electron chi connectivity index (χ3n) is 4.56. The summed E-state index contributed by atoms with van der Waals surface area (Å²) in [7, 11) is 4.40. The molecule has 118 valence electrons. The third-order valence-corrected chi connectivity index (χ3v) is 4.56. The highest BCUT2D eigenvalue weighted by atomic mass is 15.2. The van der Waals surface area contributed by atoms with Gasteiger partial charge in [0, 0.05) is 12.6 Å². The average Bonchev–Trinajstić information content (AvgIpc) is 2.50. The maximum atomic E-state index is 3.38. The summed E-state index contributed by atoms with van der Waals surface area (Å²) in [6.45, 7) is 7.85. The van der Waals surface area contributed by atoms with Crippen molar-refractivity contribution in [3.8, 4) is 0 Å². The summed E-state index contributed by atoms with van der Waals surface area (Å²) in [6, 6.07) is 9.96. The molecule has 0 amide bonds. The molecule has 1 aromatic rings. The predicted octanol–water partition coefficient (Wildman–Crippen LogP) is 2.36. The second-order valence-corrected chi connectivity index (χ2v) is 6.39. The molecule has 2 rings (SSSR count). The summed E-state index contributed by atoms with van der Waals surface area (Å²) in [5.41, 5.74) is 2.89. The highest BCUT2D eigenvalue weighted by Crippen LogP contribution is 2.17. The molecule has 1 heterocycles. The van der Waals surface area contributed by atoms with Gasteiger partial charge in [-0.15, -0.1) is 0 Å². The molecule has 0 spiro atoms. The first-order valence-electron chi connectivity index (χ1n) is 8.36. The van der Waals surface area contributed by atoms with Crippen LogP contribution >= 0.6 is 0 Å². The van der Waals surface area contributed by atoms with Crippen LogP contribution in [0.3, 0.4) is 0 Å². The molecule has 0 radical (unpaired) electrons. The van der Waals surface area contributed by atoms with E-state index in [2.05, 4.69) is 60.4 Å². The third kappa shape index (κ3) is 5.42. The first-order valence-corrected chi connectivity index (χ1v) is 8.36. The molecule has 0 aliphatic carbocycles. The van der Waals surface area contributed by atoms with Crippen molar-refractivity contribution < 1.29 is 0 Å². The minimum Gasteiger partial charge on any atom is -0.317 e. The van der Waals surface area contributed by atoms with E-state index in [1.165, 1.54) is 37.1 Å². The van der Waals surface area contributed by atoms with Gasteiger partial charge in [0.1, 0.15) is 0 Å². The second-order valence-electron chi connectivity index (χ2n) is 6.39. The SMILES string of the molecule is CCNCCc1ccc(CN2CCC(N(C)C)CC2)cc1.